The minimum absolute atomic E-state index is 0.00321. The summed E-state index contributed by atoms with van der Waals surface area (Å²) in [5, 5.41) is 82.6. The van der Waals surface area contributed by atoms with Gasteiger partial charge in [-0.2, -0.15) is 0 Å². The molecule has 6 saturated heterocycles. The van der Waals surface area contributed by atoms with E-state index in [0.717, 1.165) is 0 Å². The molecule has 7 aliphatic rings. The third-order valence-electron chi connectivity index (χ3n) is 18.3. The number of hydrogen-bond donors (Lipinski definition) is 7. The van der Waals surface area contributed by atoms with Crippen LogP contribution in [0.2, 0.25) is 0 Å². The van der Waals surface area contributed by atoms with Crippen molar-refractivity contribution in [2.24, 2.45) is 23.7 Å². The zero-order valence-electron chi connectivity index (χ0n) is 50.7. The summed E-state index contributed by atoms with van der Waals surface area (Å²) in [6, 6.07) is 0. The average Bonchev–Trinajstić information content (AvgIpc) is 1.35. The molecule has 0 aromatic rings. The summed E-state index contributed by atoms with van der Waals surface area (Å²) in [5.41, 5.74) is -0.508. The van der Waals surface area contributed by atoms with Crippen LogP contribution in [0, 0.1) is 23.7 Å². The number of aliphatic hydroxyl groups is 7. The van der Waals surface area contributed by atoms with Crippen LogP contribution in [0.4, 0.5) is 0 Å². The van der Waals surface area contributed by atoms with Crippen molar-refractivity contribution in [1.29, 1.82) is 0 Å². The molecule has 0 aliphatic carbocycles. The van der Waals surface area contributed by atoms with E-state index in [1.807, 2.05) is 12.2 Å². The maximum Gasteiger partial charge on any atom is 0.308 e. The van der Waals surface area contributed by atoms with Crippen LogP contribution in [-0.2, 0) is 66.5 Å². The van der Waals surface area contributed by atoms with Gasteiger partial charge in [0.05, 0.1) is 85.1 Å². The Morgan fingerprint density at radius 3 is 2.15 bits per heavy atom. The lowest BCUT2D eigenvalue weighted by Crippen LogP contribution is -2.65. The van der Waals surface area contributed by atoms with Gasteiger partial charge in [-0.1, -0.05) is 88.4 Å². The predicted molar refractivity (Wildman–Crippen MR) is 308 cm³/mol. The molecular weight excluding hydrogens is 1130 g/mol. The molecule has 7 aliphatic heterocycles. The van der Waals surface area contributed by atoms with Gasteiger partial charge >= 0.3 is 17.9 Å². The number of ketones is 1. The lowest BCUT2D eigenvalue weighted by atomic mass is 9.78. The number of ether oxygens (including phenoxy) is 10. The Labute approximate surface area is 505 Å². The van der Waals surface area contributed by atoms with Gasteiger partial charge < -0.3 is 83.1 Å². The third kappa shape index (κ3) is 18.1. The number of Topliss-reactive ketones (excluding diaryl/α,β-unsaturated/α-hetero) is 1. The molecule has 480 valence electrons. The standard InChI is InChI=1S/C63H95ClO21/c1-33(19-42(67)18-17-35(3)64)20-53-55(72)57-39(7)58(79-53)59(73)63(75)31-51(70)37(5)52(85-63)16-14-12-13-15-44-22-43(68)27-61(81-44)29-47(76-11)23-45(82-61)25-50(69)38(6)56(78-41(9)66)36(4)34(2)21-49-28-60(10,74)32-62(84-49)30-48(77-40(8)65)24-46(83-62)26-54(71)80-57/h13,15,17-18,36-39,42-49,51-53,55-59,67-68,70,72-75H,1-3,12,14,16,19-32H2,4-11H3/t36-,37-,38-,39-,42-,43+,44+,45+,46-,47+,48+,49+,51+,52-,53-,55-,56+,57-,58-,59-,60-,61-,62-,63+/m1/s1. The fourth-order valence-electron chi connectivity index (χ4n) is 14.1. The molecular formula is C63H95ClO21. The van der Waals surface area contributed by atoms with E-state index in [1.165, 1.54) is 26.0 Å². The Balaban J connectivity index is 1.22. The summed E-state index contributed by atoms with van der Waals surface area (Å²) in [5.74, 6) is -10.7. The highest BCUT2D eigenvalue weighted by molar-refractivity contribution is 6.30. The number of carbonyl (C=O) groups excluding carboxylic acids is 4. The van der Waals surface area contributed by atoms with Crippen LogP contribution in [0.15, 0.2) is 60.2 Å². The lowest BCUT2D eigenvalue weighted by molar-refractivity contribution is -0.351. The number of aliphatic hydroxyl groups excluding tert-OH is 5. The van der Waals surface area contributed by atoms with Crippen molar-refractivity contribution in [3.63, 3.8) is 0 Å². The summed E-state index contributed by atoms with van der Waals surface area (Å²) in [6.45, 7) is 23.1. The molecule has 7 heterocycles. The first kappa shape index (κ1) is 69.0. The highest BCUT2D eigenvalue weighted by Gasteiger charge is 2.58. The van der Waals surface area contributed by atoms with Gasteiger partial charge in [0, 0.05) is 108 Å². The Hall–Kier alpha value is -3.49. The number of rotatable bonds is 9. The van der Waals surface area contributed by atoms with Gasteiger partial charge in [-0.05, 0) is 51.5 Å². The van der Waals surface area contributed by atoms with Crippen LogP contribution in [0.3, 0.4) is 0 Å². The van der Waals surface area contributed by atoms with E-state index in [2.05, 4.69) is 19.7 Å². The largest absolute Gasteiger partial charge is 0.462 e. The van der Waals surface area contributed by atoms with Gasteiger partial charge in [0.15, 0.2) is 17.4 Å². The molecule has 7 N–H and O–H groups in total. The number of allylic oxidation sites excluding steroid dienone is 3. The molecule has 0 radical (unpaired) electrons. The fourth-order valence-corrected chi connectivity index (χ4v) is 14.2. The van der Waals surface area contributed by atoms with Crippen molar-refractivity contribution in [1.82, 2.24) is 0 Å². The topological polar surface area (TPSA) is 302 Å². The van der Waals surface area contributed by atoms with E-state index in [9.17, 15) is 54.9 Å². The number of esters is 3. The second kappa shape index (κ2) is 29.0. The quantitative estimate of drug-likeness (QED) is 0.0611. The summed E-state index contributed by atoms with van der Waals surface area (Å²) in [6.07, 6.45) is -8.69. The Morgan fingerprint density at radius 1 is 0.812 bits per heavy atom. The van der Waals surface area contributed by atoms with Gasteiger partial charge in [-0.15, -0.1) is 0 Å². The first-order chi connectivity index (χ1) is 39.8. The molecule has 0 aromatic carbocycles. The van der Waals surface area contributed by atoms with Gasteiger partial charge in [0.1, 0.15) is 36.3 Å². The van der Waals surface area contributed by atoms with Crippen LogP contribution in [0.5, 0.6) is 0 Å². The van der Waals surface area contributed by atoms with Crippen LogP contribution in [-0.4, -0.2) is 187 Å². The second-order valence-corrected chi connectivity index (χ2v) is 26.4. The smallest absolute Gasteiger partial charge is 0.308 e. The highest BCUT2D eigenvalue weighted by Crippen LogP contribution is 2.48. The van der Waals surface area contributed by atoms with E-state index in [4.69, 9.17) is 59.0 Å². The SMILES string of the molecule is C=C(Cl)C=C[C@@H](O)CC(=C)C[C@H]1O[C@@H]2[C@H](C)[C@@H](OC(=O)C[C@H]3C[C@H](OC(C)=O)C[C@@]4(C[C@](C)(O)C[C@H](CC(=C)[C@@H](C)[C@H](OC(C)=O)[C@H](C)C(=O)C[C@@H]5C[C@H](OC)C[C@@]6(C[C@@H](O)C[C@H](C=CCCC[C@H]7O[C@@](O)(C[C@H](O)[C@H]7C)[C@@H]2O)O6)O5)O4)O3)[C@@H]1O. The molecule has 6 fully saturated rings. The van der Waals surface area contributed by atoms with E-state index >= 15 is 0 Å². The maximum atomic E-state index is 14.5. The maximum absolute atomic E-state index is 14.5. The molecule has 0 aromatic heterocycles. The Bertz CT molecular complexity index is 2430. The second-order valence-electron chi connectivity index (χ2n) is 25.9. The zero-order valence-corrected chi connectivity index (χ0v) is 51.5. The number of halogens is 1. The minimum Gasteiger partial charge on any atom is -0.462 e. The van der Waals surface area contributed by atoms with Gasteiger partial charge in [0.25, 0.3) is 0 Å². The van der Waals surface area contributed by atoms with E-state index in [0.29, 0.717) is 43.3 Å². The number of carbonyl (C=O) groups is 4. The van der Waals surface area contributed by atoms with Crippen LogP contribution in [0.1, 0.15) is 158 Å². The predicted octanol–water partition coefficient (Wildman–Crippen LogP) is 5.91. The van der Waals surface area contributed by atoms with Crippen molar-refractivity contribution in [3.05, 3.63) is 60.2 Å². The number of methoxy groups -OCH3 is 1. The van der Waals surface area contributed by atoms with Crippen molar-refractivity contribution < 1.29 is 102 Å². The lowest BCUT2D eigenvalue weighted by Gasteiger charge is -2.52. The molecule has 85 heavy (non-hydrogen) atoms. The normalized spacial score (nSPS) is 44.1. The van der Waals surface area contributed by atoms with Crippen molar-refractivity contribution in [2.75, 3.05) is 7.11 Å². The van der Waals surface area contributed by atoms with E-state index in [-0.39, 0.29) is 81.1 Å². The molecule has 0 saturated carbocycles. The van der Waals surface area contributed by atoms with Crippen molar-refractivity contribution in [3.8, 4) is 0 Å². The third-order valence-corrected chi connectivity index (χ3v) is 18.4. The summed E-state index contributed by atoms with van der Waals surface area (Å²) < 4.78 is 63.4. The molecule has 24 atom stereocenters. The molecule has 0 unspecified atom stereocenters. The van der Waals surface area contributed by atoms with Crippen LogP contribution in [0.25, 0.3) is 0 Å². The fraction of sp³-hybridized carbons (Fsp3) is 0.778. The Kier molecular flexibility index (Phi) is 23.5. The Morgan fingerprint density at radius 2 is 1.47 bits per heavy atom. The van der Waals surface area contributed by atoms with Crippen molar-refractivity contribution in [2.45, 2.75) is 278 Å². The van der Waals surface area contributed by atoms with E-state index < -0.39 is 169 Å². The highest BCUT2D eigenvalue weighted by atomic mass is 35.5. The number of fused-ring (bicyclic) bond motifs is 8. The van der Waals surface area contributed by atoms with Crippen LogP contribution >= 0.6 is 11.6 Å². The first-order valence-corrected chi connectivity index (χ1v) is 30.7. The van der Waals surface area contributed by atoms with Gasteiger partial charge in [0.2, 0.25) is 0 Å². The molecule has 21 nitrogen and oxygen atoms in total. The minimum atomic E-state index is -2.40. The molecule has 0 amide bonds. The van der Waals surface area contributed by atoms with Gasteiger partial charge in [-0.3, -0.25) is 19.2 Å². The molecule has 10 bridgehead atoms. The number of hydrogen-bond acceptors (Lipinski definition) is 21. The molecule has 7 rings (SSSR count). The average molecular weight is 1220 g/mol. The van der Waals surface area contributed by atoms with Crippen LogP contribution < -0.4 is 0 Å². The zero-order chi connectivity index (χ0) is 62.5. The van der Waals surface area contributed by atoms with Gasteiger partial charge in [-0.25, -0.2) is 0 Å². The summed E-state index contributed by atoms with van der Waals surface area (Å²) >= 11 is 5.89. The van der Waals surface area contributed by atoms with E-state index in [1.54, 1.807) is 41.7 Å². The summed E-state index contributed by atoms with van der Waals surface area (Å²) in [7, 11) is 1.57. The molecule has 22 heteroatoms. The summed E-state index contributed by atoms with van der Waals surface area (Å²) in [4.78, 5) is 54.3. The first-order valence-electron chi connectivity index (χ1n) is 30.3. The molecule has 2 spiro atoms. The monoisotopic (exact) mass is 1220 g/mol. The van der Waals surface area contributed by atoms with Crippen molar-refractivity contribution >= 4 is 35.3 Å².